The van der Waals surface area contributed by atoms with Crippen LogP contribution in [0.1, 0.15) is 11.3 Å². The molecule has 23 heavy (non-hydrogen) atoms. The van der Waals surface area contributed by atoms with Gasteiger partial charge in [-0.25, -0.2) is 0 Å². The second kappa shape index (κ2) is 12.2. The van der Waals surface area contributed by atoms with E-state index in [1.54, 1.807) is 11.3 Å². The highest BCUT2D eigenvalue weighted by Crippen LogP contribution is 2.08. The minimum atomic E-state index is 0. The molecule has 6 heteroatoms. The van der Waals surface area contributed by atoms with Gasteiger partial charge in [0.2, 0.25) is 0 Å². The van der Waals surface area contributed by atoms with Crippen LogP contribution in [0.5, 0.6) is 0 Å². The Bertz CT molecular complexity index is 543. The van der Waals surface area contributed by atoms with Gasteiger partial charge in [0.15, 0.2) is 5.96 Å². The molecule has 0 atom stereocenters. The highest BCUT2D eigenvalue weighted by atomic mass is 127. The van der Waals surface area contributed by atoms with Crippen LogP contribution in [0.2, 0.25) is 0 Å². The topological polar surface area (TPSA) is 48.5 Å². The molecule has 0 radical (unpaired) electrons. The summed E-state index contributed by atoms with van der Waals surface area (Å²) in [7, 11) is 1.81. The molecular formula is C17H25IN4S. The number of nitrogens with one attached hydrogen (secondary N) is 3. The molecule has 0 fully saturated rings. The summed E-state index contributed by atoms with van der Waals surface area (Å²) in [6.07, 6.45) is 2.08. The van der Waals surface area contributed by atoms with Gasteiger partial charge < -0.3 is 16.0 Å². The molecule has 2 rings (SSSR count). The van der Waals surface area contributed by atoms with Gasteiger partial charge >= 0.3 is 0 Å². The van der Waals surface area contributed by atoms with E-state index in [0.717, 1.165) is 38.4 Å². The van der Waals surface area contributed by atoms with Crippen molar-refractivity contribution in [1.82, 2.24) is 10.6 Å². The van der Waals surface area contributed by atoms with Crippen molar-refractivity contribution in [2.75, 3.05) is 32.0 Å². The zero-order valence-electron chi connectivity index (χ0n) is 13.4. The van der Waals surface area contributed by atoms with Gasteiger partial charge in [-0.1, -0.05) is 24.3 Å². The Balaban J connectivity index is 0.00000264. The van der Waals surface area contributed by atoms with E-state index in [9.17, 15) is 0 Å². The lowest BCUT2D eigenvalue weighted by Crippen LogP contribution is -2.39. The normalized spacial score (nSPS) is 10.7. The number of thiophene rings is 1. The number of nitrogens with zero attached hydrogens (tertiary/aromatic N) is 1. The van der Waals surface area contributed by atoms with E-state index in [0.29, 0.717) is 0 Å². The first-order valence-corrected chi connectivity index (χ1v) is 8.52. The van der Waals surface area contributed by atoms with E-state index in [4.69, 9.17) is 0 Å². The van der Waals surface area contributed by atoms with E-state index in [1.165, 1.54) is 10.6 Å². The number of anilines is 1. The van der Waals surface area contributed by atoms with Crippen molar-refractivity contribution < 1.29 is 0 Å². The maximum absolute atomic E-state index is 4.24. The molecule has 0 aliphatic heterocycles. The summed E-state index contributed by atoms with van der Waals surface area (Å²) >= 11 is 1.80. The van der Waals surface area contributed by atoms with Crippen LogP contribution in [0.3, 0.4) is 0 Å². The standard InChI is InChI=1S/C17H24N4S.HI/c1-18-17(21-13-10-16-9-5-14-22-16)20-12-6-11-19-15-7-3-2-4-8-15;/h2-5,7-9,14,19H,6,10-13H2,1H3,(H2,18,20,21);1H. The second-order valence-electron chi connectivity index (χ2n) is 4.90. The summed E-state index contributed by atoms with van der Waals surface area (Å²) < 4.78 is 0. The Morgan fingerprint density at radius 2 is 1.78 bits per heavy atom. The summed E-state index contributed by atoms with van der Waals surface area (Å²) in [4.78, 5) is 5.64. The van der Waals surface area contributed by atoms with Gasteiger partial charge in [-0.3, -0.25) is 4.99 Å². The Labute approximate surface area is 159 Å². The Morgan fingerprint density at radius 1 is 1.00 bits per heavy atom. The summed E-state index contributed by atoms with van der Waals surface area (Å²) in [5.74, 6) is 0.872. The monoisotopic (exact) mass is 444 g/mol. The van der Waals surface area contributed by atoms with Gasteiger partial charge in [0.25, 0.3) is 0 Å². The molecule has 0 saturated heterocycles. The quantitative estimate of drug-likeness (QED) is 0.253. The Hall–Kier alpha value is -1.28. The molecule has 2 aromatic rings. The van der Waals surface area contributed by atoms with Crippen molar-refractivity contribution >= 4 is 47.0 Å². The number of guanidine groups is 1. The van der Waals surface area contributed by atoms with Crippen molar-refractivity contribution in [1.29, 1.82) is 0 Å². The average molecular weight is 444 g/mol. The zero-order valence-corrected chi connectivity index (χ0v) is 16.6. The van der Waals surface area contributed by atoms with Crippen LogP contribution < -0.4 is 16.0 Å². The summed E-state index contributed by atoms with van der Waals surface area (Å²) in [5, 5.41) is 12.2. The predicted octanol–water partition coefficient (Wildman–Crippen LogP) is 3.58. The molecule has 0 saturated carbocycles. The van der Waals surface area contributed by atoms with Crippen molar-refractivity contribution in [2.45, 2.75) is 12.8 Å². The highest BCUT2D eigenvalue weighted by Gasteiger charge is 1.98. The molecule has 4 nitrogen and oxygen atoms in total. The molecule has 1 aromatic heterocycles. The van der Waals surface area contributed by atoms with Gasteiger partial charge in [-0.2, -0.15) is 0 Å². The maximum atomic E-state index is 4.24. The first-order chi connectivity index (χ1) is 10.9. The lowest BCUT2D eigenvalue weighted by molar-refractivity contribution is 0.759. The number of hydrogen-bond donors (Lipinski definition) is 3. The van der Waals surface area contributed by atoms with Gasteiger partial charge in [0.05, 0.1) is 0 Å². The number of hydrogen-bond acceptors (Lipinski definition) is 3. The van der Waals surface area contributed by atoms with Crippen LogP contribution in [-0.2, 0) is 6.42 Å². The maximum Gasteiger partial charge on any atom is 0.190 e. The number of para-hydroxylation sites is 1. The third-order valence-electron chi connectivity index (χ3n) is 3.22. The first kappa shape index (κ1) is 19.8. The molecule has 0 bridgehead atoms. The third kappa shape index (κ3) is 8.22. The Morgan fingerprint density at radius 3 is 2.48 bits per heavy atom. The highest BCUT2D eigenvalue weighted by molar-refractivity contribution is 14.0. The lowest BCUT2D eigenvalue weighted by atomic mass is 10.3. The number of benzene rings is 1. The van der Waals surface area contributed by atoms with Gasteiger partial charge in [0, 0.05) is 37.2 Å². The SMILES string of the molecule is CN=C(NCCCNc1ccccc1)NCCc1cccs1.I. The molecule has 1 aromatic carbocycles. The molecular weight excluding hydrogens is 419 g/mol. The molecule has 0 amide bonds. The Kier molecular flexibility index (Phi) is 10.5. The van der Waals surface area contributed by atoms with Crippen molar-refractivity contribution in [2.24, 2.45) is 4.99 Å². The smallest absolute Gasteiger partial charge is 0.190 e. The minimum Gasteiger partial charge on any atom is -0.385 e. The van der Waals surface area contributed by atoms with Gasteiger partial charge in [-0.05, 0) is 36.4 Å². The predicted molar refractivity (Wildman–Crippen MR) is 112 cm³/mol. The van der Waals surface area contributed by atoms with Crippen LogP contribution in [0, 0.1) is 0 Å². The van der Waals surface area contributed by atoms with Crippen LogP contribution in [-0.4, -0.2) is 32.6 Å². The van der Waals surface area contributed by atoms with E-state index < -0.39 is 0 Å². The molecule has 0 spiro atoms. The average Bonchev–Trinajstić information content (AvgIpc) is 3.07. The third-order valence-corrected chi connectivity index (χ3v) is 4.15. The second-order valence-corrected chi connectivity index (χ2v) is 5.93. The van der Waals surface area contributed by atoms with Gasteiger partial charge in [0.1, 0.15) is 0 Å². The minimum absolute atomic E-state index is 0. The van der Waals surface area contributed by atoms with Crippen LogP contribution in [0.4, 0.5) is 5.69 Å². The van der Waals surface area contributed by atoms with E-state index >= 15 is 0 Å². The van der Waals surface area contributed by atoms with E-state index in [2.05, 4.69) is 50.6 Å². The summed E-state index contributed by atoms with van der Waals surface area (Å²) in [6.45, 7) is 2.75. The fourth-order valence-electron chi connectivity index (χ4n) is 2.06. The zero-order chi connectivity index (χ0) is 15.5. The molecule has 0 unspecified atom stereocenters. The summed E-state index contributed by atoms with van der Waals surface area (Å²) in [6, 6.07) is 14.5. The van der Waals surface area contributed by atoms with Crippen molar-refractivity contribution in [3.05, 3.63) is 52.7 Å². The summed E-state index contributed by atoms with van der Waals surface area (Å²) in [5.41, 5.74) is 1.17. The first-order valence-electron chi connectivity index (χ1n) is 7.64. The van der Waals surface area contributed by atoms with Crippen molar-refractivity contribution in [3.8, 4) is 0 Å². The fourth-order valence-corrected chi connectivity index (χ4v) is 2.77. The molecule has 3 N–H and O–H groups in total. The number of aliphatic imine (C=N–C) groups is 1. The molecule has 0 aliphatic carbocycles. The van der Waals surface area contributed by atoms with Crippen LogP contribution >= 0.6 is 35.3 Å². The van der Waals surface area contributed by atoms with Crippen LogP contribution in [0.15, 0.2) is 52.8 Å². The number of halogens is 1. The molecule has 126 valence electrons. The van der Waals surface area contributed by atoms with E-state index in [-0.39, 0.29) is 24.0 Å². The van der Waals surface area contributed by atoms with E-state index in [1.807, 2.05) is 25.2 Å². The van der Waals surface area contributed by atoms with Crippen LogP contribution in [0.25, 0.3) is 0 Å². The number of rotatable bonds is 8. The molecule has 1 heterocycles. The van der Waals surface area contributed by atoms with Gasteiger partial charge in [-0.15, -0.1) is 35.3 Å². The fraction of sp³-hybridized carbons (Fsp3) is 0.353. The largest absolute Gasteiger partial charge is 0.385 e. The molecule has 0 aliphatic rings. The van der Waals surface area contributed by atoms with Crippen molar-refractivity contribution in [3.63, 3.8) is 0 Å². The lowest BCUT2D eigenvalue weighted by Gasteiger charge is -2.12.